The second-order valence-corrected chi connectivity index (χ2v) is 8.23. The van der Waals surface area contributed by atoms with Crippen LogP contribution in [0.25, 0.3) is 0 Å². The Bertz CT molecular complexity index is 862. The standard InChI is InChI=1S/C23H34N4O7/c1-4-13(2)19(27-21(31)16(24)12-15-8-6-5-7-9-15)22(32)25-14(3)20(30)26-17(23(33)34)10-11-18(28)29/h5-9,13-14,16-17,19H,4,10-12,24H2,1-3H3,(H,25,32)(H,26,30)(H,27,31)(H,28,29)(H,33,34). The third-order valence-electron chi connectivity index (χ3n) is 5.44. The third kappa shape index (κ3) is 9.57. The van der Waals surface area contributed by atoms with Crippen LogP contribution in [-0.4, -0.2) is 64.0 Å². The first kappa shape index (κ1) is 28.6. The van der Waals surface area contributed by atoms with Crippen molar-refractivity contribution in [3.05, 3.63) is 35.9 Å². The first-order valence-corrected chi connectivity index (χ1v) is 11.1. The summed E-state index contributed by atoms with van der Waals surface area (Å²) >= 11 is 0. The van der Waals surface area contributed by atoms with E-state index in [1.165, 1.54) is 6.92 Å². The third-order valence-corrected chi connectivity index (χ3v) is 5.44. The van der Waals surface area contributed by atoms with Gasteiger partial charge in [-0.2, -0.15) is 0 Å². The smallest absolute Gasteiger partial charge is 0.326 e. The molecule has 0 aliphatic rings. The molecule has 7 N–H and O–H groups in total. The van der Waals surface area contributed by atoms with Crippen molar-refractivity contribution in [3.63, 3.8) is 0 Å². The Hall–Kier alpha value is -3.47. The fourth-order valence-corrected chi connectivity index (χ4v) is 3.11. The van der Waals surface area contributed by atoms with Crippen molar-refractivity contribution in [3.8, 4) is 0 Å². The van der Waals surface area contributed by atoms with Crippen LogP contribution >= 0.6 is 0 Å². The normalized spacial score (nSPS) is 15.2. The van der Waals surface area contributed by atoms with Gasteiger partial charge in [-0.25, -0.2) is 4.79 Å². The van der Waals surface area contributed by atoms with Gasteiger partial charge >= 0.3 is 11.9 Å². The Morgan fingerprint density at radius 3 is 2.06 bits per heavy atom. The van der Waals surface area contributed by atoms with E-state index in [2.05, 4.69) is 16.0 Å². The summed E-state index contributed by atoms with van der Waals surface area (Å²) in [5, 5.41) is 25.3. The van der Waals surface area contributed by atoms with E-state index in [0.29, 0.717) is 6.42 Å². The minimum Gasteiger partial charge on any atom is -0.481 e. The van der Waals surface area contributed by atoms with Crippen LogP contribution in [0, 0.1) is 5.92 Å². The molecule has 11 heteroatoms. The highest BCUT2D eigenvalue weighted by Gasteiger charge is 2.31. The quantitative estimate of drug-likeness (QED) is 0.216. The molecule has 34 heavy (non-hydrogen) atoms. The lowest BCUT2D eigenvalue weighted by atomic mass is 9.97. The second-order valence-electron chi connectivity index (χ2n) is 8.23. The first-order valence-electron chi connectivity index (χ1n) is 11.1. The summed E-state index contributed by atoms with van der Waals surface area (Å²) < 4.78 is 0. The number of carbonyl (C=O) groups is 5. The number of hydrogen-bond acceptors (Lipinski definition) is 6. The molecule has 0 saturated carbocycles. The van der Waals surface area contributed by atoms with Crippen LogP contribution in [0.2, 0.25) is 0 Å². The maximum atomic E-state index is 12.9. The van der Waals surface area contributed by atoms with Crippen LogP contribution < -0.4 is 21.7 Å². The van der Waals surface area contributed by atoms with E-state index in [4.69, 9.17) is 10.8 Å². The van der Waals surface area contributed by atoms with E-state index in [1.54, 1.807) is 6.92 Å². The predicted molar refractivity (Wildman–Crippen MR) is 124 cm³/mol. The maximum Gasteiger partial charge on any atom is 0.326 e. The number of nitrogens with two attached hydrogens (primary N) is 1. The average molecular weight is 479 g/mol. The largest absolute Gasteiger partial charge is 0.481 e. The molecule has 1 aromatic carbocycles. The molecule has 5 unspecified atom stereocenters. The SMILES string of the molecule is CCC(C)C(NC(=O)C(N)Cc1ccccc1)C(=O)NC(C)C(=O)NC(CCC(=O)O)C(=O)O. The molecule has 188 valence electrons. The molecule has 1 aromatic rings. The van der Waals surface area contributed by atoms with Crippen molar-refractivity contribution >= 4 is 29.7 Å². The average Bonchev–Trinajstić information content (AvgIpc) is 2.79. The van der Waals surface area contributed by atoms with Crippen LogP contribution in [-0.2, 0) is 30.4 Å². The van der Waals surface area contributed by atoms with Crippen molar-refractivity contribution < 1.29 is 34.2 Å². The number of nitrogens with one attached hydrogen (secondary N) is 3. The zero-order chi connectivity index (χ0) is 25.8. The fourth-order valence-electron chi connectivity index (χ4n) is 3.11. The van der Waals surface area contributed by atoms with Crippen molar-refractivity contribution in [2.24, 2.45) is 11.7 Å². The van der Waals surface area contributed by atoms with Gasteiger partial charge in [0.2, 0.25) is 17.7 Å². The van der Waals surface area contributed by atoms with E-state index in [1.807, 2.05) is 37.3 Å². The molecule has 5 atom stereocenters. The van der Waals surface area contributed by atoms with Crippen LogP contribution in [0.4, 0.5) is 0 Å². The maximum absolute atomic E-state index is 12.9. The summed E-state index contributed by atoms with van der Waals surface area (Å²) in [5.41, 5.74) is 6.89. The Morgan fingerprint density at radius 1 is 0.912 bits per heavy atom. The fraction of sp³-hybridized carbons (Fsp3) is 0.522. The molecule has 0 radical (unpaired) electrons. The summed E-state index contributed by atoms with van der Waals surface area (Å²) in [6.45, 7) is 4.97. The summed E-state index contributed by atoms with van der Waals surface area (Å²) in [7, 11) is 0. The molecule has 0 bridgehead atoms. The number of aliphatic carboxylic acids is 2. The molecular formula is C23H34N4O7. The Labute approximate surface area is 198 Å². The number of carboxylic acids is 2. The highest BCUT2D eigenvalue weighted by molar-refractivity contribution is 5.94. The van der Waals surface area contributed by atoms with Gasteiger partial charge in [-0.15, -0.1) is 0 Å². The molecule has 11 nitrogen and oxygen atoms in total. The number of carbonyl (C=O) groups excluding carboxylic acids is 3. The van der Waals surface area contributed by atoms with E-state index < -0.39 is 60.2 Å². The Balaban J connectivity index is 2.77. The molecule has 3 amide bonds. The molecule has 1 rings (SSSR count). The van der Waals surface area contributed by atoms with Crippen LogP contribution in [0.5, 0.6) is 0 Å². The lowest BCUT2D eigenvalue weighted by Gasteiger charge is -2.27. The van der Waals surface area contributed by atoms with Gasteiger partial charge in [0.05, 0.1) is 6.04 Å². The number of amides is 3. The number of carboxylic acid groups (broad SMARTS) is 2. The number of benzene rings is 1. The molecule has 0 fully saturated rings. The van der Waals surface area contributed by atoms with Gasteiger partial charge in [-0.1, -0.05) is 50.6 Å². The molecule has 0 heterocycles. The van der Waals surface area contributed by atoms with Crippen molar-refractivity contribution in [1.29, 1.82) is 0 Å². The Kier molecular flexibility index (Phi) is 11.7. The molecule has 0 spiro atoms. The number of rotatable bonds is 14. The molecule has 0 aromatic heterocycles. The van der Waals surface area contributed by atoms with Gasteiger partial charge in [-0.05, 0) is 31.2 Å². The van der Waals surface area contributed by atoms with Gasteiger partial charge in [0.15, 0.2) is 0 Å². The van der Waals surface area contributed by atoms with Crippen LogP contribution in [0.3, 0.4) is 0 Å². The van der Waals surface area contributed by atoms with E-state index in [0.717, 1.165) is 5.56 Å². The van der Waals surface area contributed by atoms with Crippen molar-refractivity contribution in [2.75, 3.05) is 0 Å². The summed E-state index contributed by atoms with van der Waals surface area (Å²) in [5.74, 6) is -4.77. The second kappa shape index (κ2) is 13.9. The summed E-state index contributed by atoms with van der Waals surface area (Å²) in [4.78, 5) is 59.9. The summed E-state index contributed by atoms with van der Waals surface area (Å²) in [6.07, 6.45) is 0.0989. The molecule has 0 saturated heterocycles. The zero-order valence-corrected chi connectivity index (χ0v) is 19.6. The lowest BCUT2D eigenvalue weighted by Crippen LogP contribution is -2.58. The zero-order valence-electron chi connectivity index (χ0n) is 19.6. The topological polar surface area (TPSA) is 188 Å². The highest BCUT2D eigenvalue weighted by atomic mass is 16.4. The van der Waals surface area contributed by atoms with E-state index >= 15 is 0 Å². The van der Waals surface area contributed by atoms with Crippen molar-refractivity contribution in [2.45, 2.75) is 70.6 Å². The number of hydrogen-bond donors (Lipinski definition) is 6. The van der Waals surface area contributed by atoms with Crippen LogP contribution in [0.15, 0.2) is 30.3 Å². The monoisotopic (exact) mass is 478 g/mol. The van der Waals surface area contributed by atoms with Crippen molar-refractivity contribution in [1.82, 2.24) is 16.0 Å². The highest BCUT2D eigenvalue weighted by Crippen LogP contribution is 2.10. The van der Waals surface area contributed by atoms with E-state index in [9.17, 15) is 29.1 Å². The molecule has 0 aliphatic carbocycles. The van der Waals surface area contributed by atoms with Crippen LogP contribution in [0.1, 0.15) is 45.6 Å². The Morgan fingerprint density at radius 2 is 1.53 bits per heavy atom. The molecule has 0 aliphatic heterocycles. The van der Waals surface area contributed by atoms with Gasteiger partial charge in [0.1, 0.15) is 18.1 Å². The minimum absolute atomic E-state index is 0.273. The van der Waals surface area contributed by atoms with Gasteiger partial charge in [0, 0.05) is 6.42 Å². The first-order chi connectivity index (χ1) is 16.0. The summed E-state index contributed by atoms with van der Waals surface area (Å²) in [6, 6.07) is 4.81. The van der Waals surface area contributed by atoms with Gasteiger partial charge in [-0.3, -0.25) is 19.2 Å². The van der Waals surface area contributed by atoms with E-state index in [-0.39, 0.29) is 18.8 Å². The lowest BCUT2D eigenvalue weighted by molar-refractivity contribution is -0.143. The minimum atomic E-state index is -1.41. The van der Waals surface area contributed by atoms with Gasteiger partial charge < -0.3 is 31.9 Å². The predicted octanol–water partition coefficient (Wildman–Crippen LogP) is 0.0262. The van der Waals surface area contributed by atoms with Gasteiger partial charge in [0.25, 0.3) is 0 Å². The molecular weight excluding hydrogens is 444 g/mol.